The third kappa shape index (κ3) is 1.11. The zero-order chi connectivity index (χ0) is 8.67. The molecule has 68 valence electrons. The van der Waals surface area contributed by atoms with Crippen molar-refractivity contribution in [2.45, 2.75) is 18.9 Å². The van der Waals surface area contributed by atoms with E-state index in [0.29, 0.717) is 6.04 Å². The maximum absolute atomic E-state index is 3.63. The van der Waals surface area contributed by atoms with Crippen LogP contribution in [0.4, 0.5) is 0 Å². The first-order valence-electron chi connectivity index (χ1n) is 5.23. The summed E-state index contributed by atoms with van der Waals surface area (Å²) in [5.41, 5.74) is 1.48. The van der Waals surface area contributed by atoms with Gasteiger partial charge in [0.1, 0.15) is 0 Å². The van der Waals surface area contributed by atoms with Gasteiger partial charge in [-0.2, -0.15) is 0 Å². The van der Waals surface area contributed by atoms with Crippen molar-refractivity contribution >= 4 is 0 Å². The molecule has 1 N–H and O–H groups in total. The molecule has 3 rings (SSSR count). The summed E-state index contributed by atoms with van der Waals surface area (Å²) in [4.78, 5) is 0. The minimum Gasteiger partial charge on any atom is -0.309 e. The third-order valence-electron chi connectivity index (χ3n) is 3.66. The first-order chi connectivity index (χ1) is 6.45. The van der Waals surface area contributed by atoms with Crippen LogP contribution in [0.25, 0.3) is 0 Å². The smallest absolute Gasteiger partial charge is 0.0351 e. The number of hydrogen-bond donors (Lipinski definition) is 1. The average molecular weight is 173 g/mol. The van der Waals surface area contributed by atoms with Crippen LogP contribution >= 0.6 is 0 Å². The summed E-state index contributed by atoms with van der Waals surface area (Å²) in [5.74, 6) is 1.91. The normalized spacial score (nSPS) is 36.8. The molecule has 0 spiro atoms. The molecule has 0 radical (unpaired) electrons. The van der Waals surface area contributed by atoms with E-state index < -0.39 is 0 Å². The Bertz CT molecular complexity index is 293. The van der Waals surface area contributed by atoms with Crippen LogP contribution in [-0.4, -0.2) is 6.54 Å². The molecule has 3 atom stereocenters. The lowest BCUT2D eigenvalue weighted by Gasteiger charge is -2.33. The van der Waals surface area contributed by atoms with Crippen LogP contribution in [0.3, 0.4) is 0 Å². The molecule has 1 aromatic carbocycles. The second-order valence-corrected chi connectivity index (χ2v) is 4.30. The number of nitrogens with one attached hydrogen (secondary N) is 1. The van der Waals surface area contributed by atoms with Gasteiger partial charge in [0.2, 0.25) is 0 Å². The quantitative estimate of drug-likeness (QED) is 0.687. The molecule has 1 saturated heterocycles. The molecule has 0 amide bonds. The average Bonchev–Trinajstić information content (AvgIpc) is 2.43. The summed E-state index contributed by atoms with van der Waals surface area (Å²) in [7, 11) is 0. The van der Waals surface area contributed by atoms with Crippen molar-refractivity contribution in [3.05, 3.63) is 35.9 Å². The SMILES string of the molecule is c1ccc([C@H]2NC[C@H]3CC[C@H]32)cc1. The molecule has 1 heteroatoms. The summed E-state index contributed by atoms with van der Waals surface area (Å²) in [6.45, 7) is 1.24. The molecule has 0 aromatic heterocycles. The van der Waals surface area contributed by atoms with Gasteiger partial charge in [0.15, 0.2) is 0 Å². The lowest BCUT2D eigenvalue weighted by atomic mass is 9.72. The van der Waals surface area contributed by atoms with Crippen molar-refractivity contribution in [1.82, 2.24) is 5.32 Å². The molecule has 1 saturated carbocycles. The van der Waals surface area contributed by atoms with Gasteiger partial charge < -0.3 is 5.32 Å². The Morgan fingerprint density at radius 3 is 2.54 bits per heavy atom. The van der Waals surface area contributed by atoms with Gasteiger partial charge in [-0.25, -0.2) is 0 Å². The Morgan fingerprint density at radius 1 is 1.08 bits per heavy atom. The molecular weight excluding hydrogens is 158 g/mol. The molecule has 1 aliphatic carbocycles. The highest BCUT2D eigenvalue weighted by Gasteiger charge is 2.42. The lowest BCUT2D eigenvalue weighted by molar-refractivity contribution is 0.209. The van der Waals surface area contributed by atoms with Gasteiger partial charge in [0.05, 0.1) is 0 Å². The number of fused-ring (bicyclic) bond motifs is 1. The number of hydrogen-bond acceptors (Lipinski definition) is 1. The second-order valence-electron chi connectivity index (χ2n) is 4.30. The van der Waals surface area contributed by atoms with Crippen LogP contribution in [0.15, 0.2) is 30.3 Å². The maximum Gasteiger partial charge on any atom is 0.0351 e. The monoisotopic (exact) mass is 173 g/mol. The van der Waals surface area contributed by atoms with Gasteiger partial charge in [-0.1, -0.05) is 30.3 Å². The Balaban J connectivity index is 1.86. The third-order valence-corrected chi connectivity index (χ3v) is 3.66. The van der Waals surface area contributed by atoms with Crippen LogP contribution in [-0.2, 0) is 0 Å². The van der Waals surface area contributed by atoms with Crippen LogP contribution in [0.1, 0.15) is 24.4 Å². The van der Waals surface area contributed by atoms with E-state index in [-0.39, 0.29) is 0 Å². The number of benzene rings is 1. The van der Waals surface area contributed by atoms with Crippen LogP contribution in [0.2, 0.25) is 0 Å². The fraction of sp³-hybridized carbons (Fsp3) is 0.500. The topological polar surface area (TPSA) is 12.0 Å². The van der Waals surface area contributed by atoms with Crippen molar-refractivity contribution in [1.29, 1.82) is 0 Å². The zero-order valence-corrected chi connectivity index (χ0v) is 7.74. The van der Waals surface area contributed by atoms with Crippen LogP contribution < -0.4 is 5.32 Å². The highest BCUT2D eigenvalue weighted by molar-refractivity contribution is 5.22. The van der Waals surface area contributed by atoms with Crippen molar-refractivity contribution in [3.63, 3.8) is 0 Å². The van der Waals surface area contributed by atoms with Gasteiger partial charge in [0.25, 0.3) is 0 Å². The van der Waals surface area contributed by atoms with E-state index in [1.165, 1.54) is 24.9 Å². The molecule has 1 aromatic rings. The summed E-state index contributed by atoms with van der Waals surface area (Å²) in [6.07, 6.45) is 2.87. The fourth-order valence-electron chi connectivity index (χ4n) is 2.74. The molecule has 1 aliphatic heterocycles. The second kappa shape index (κ2) is 2.85. The summed E-state index contributed by atoms with van der Waals surface area (Å²) < 4.78 is 0. The first kappa shape index (κ1) is 7.57. The molecule has 2 fully saturated rings. The van der Waals surface area contributed by atoms with E-state index in [0.717, 1.165) is 11.8 Å². The fourth-order valence-corrected chi connectivity index (χ4v) is 2.74. The first-order valence-corrected chi connectivity index (χ1v) is 5.23. The summed E-state index contributed by atoms with van der Waals surface area (Å²) in [5, 5.41) is 3.63. The lowest BCUT2D eigenvalue weighted by Crippen LogP contribution is -2.25. The van der Waals surface area contributed by atoms with E-state index >= 15 is 0 Å². The van der Waals surface area contributed by atoms with E-state index in [1.807, 2.05) is 0 Å². The van der Waals surface area contributed by atoms with Gasteiger partial charge in [-0.05, 0) is 36.8 Å². The van der Waals surface area contributed by atoms with Gasteiger partial charge in [-0.3, -0.25) is 0 Å². The molecule has 2 aliphatic rings. The Morgan fingerprint density at radius 2 is 1.92 bits per heavy atom. The van der Waals surface area contributed by atoms with E-state index in [2.05, 4.69) is 35.6 Å². The van der Waals surface area contributed by atoms with Crippen molar-refractivity contribution in [2.75, 3.05) is 6.54 Å². The van der Waals surface area contributed by atoms with Gasteiger partial charge in [0, 0.05) is 6.04 Å². The molecule has 1 heterocycles. The Labute approximate surface area is 79.2 Å². The standard InChI is InChI=1S/C12H15N/c1-2-4-9(5-3-1)12-11-7-6-10(11)8-13-12/h1-5,10-13H,6-8H2/t10-,11-,12-/m1/s1. The Kier molecular flexibility index (Phi) is 1.66. The van der Waals surface area contributed by atoms with Crippen molar-refractivity contribution < 1.29 is 0 Å². The molecule has 1 nitrogen and oxygen atoms in total. The van der Waals surface area contributed by atoms with Gasteiger partial charge in [-0.15, -0.1) is 0 Å². The Hall–Kier alpha value is -0.820. The van der Waals surface area contributed by atoms with Crippen LogP contribution in [0.5, 0.6) is 0 Å². The van der Waals surface area contributed by atoms with Crippen molar-refractivity contribution in [2.24, 2.45) is 11.8 Å². The van der Waals surface area contributed by atoms with Crippen molar-refractivity contribution in [3.8, 4) is 0 Å². The minimum atomic E-state index is 0.653. The largest absolute Gasteiger partial charge is 0.309 e. The molecular formula is C12H15N. The molecule has 0 bridgehead atoms. The maximum atomic E-state index is 3.63. The number of rotatable bonds is 1. The van der Waals surface area contributed by atoms with E-state index in [1.54, 1.807) is 0 Å². The predicted molar refractivity (Wildman–Crippen MR) is 53.4 cm³/mol. The highest BCUT2D eigenvalue weighted by Crippen LogP contribution is 2.46. The van der Waals surface area contributed by atoms with E-state index in [4.69, 9.17) is 0 Å². The minimum absolute atomic E-state index is 0.653. The predicted octanol–water partition coefficient (Wildman–Crippen LogP) is 2.36. The molecule has 13 heavy (non-hydrogen) atoms. The zero-order valence-electron chi connectivity index (χ0n) is 7.74. The van der Waals surface area contributed by atoms with Crippen LogP contribution in [0, 0.1) is 11.8 Å². The van der Waals surface area contributed by atoms with Gasteiger partial charge >= 0.3 is 0 Å². The summed E-state index contributed by atoms with van der Waals surface area (Å²) in [6, 6.07) is 11.5. The summed E-state index contributed by atoms with van der Waals surface area (Å²) >= 11 is 0. The van der Waals surface area contributed by atoms with E-state index in [9.17, 15) is 0 Å². The highest BCUT2D eigenvalue weighted by atomic mass is 15.0. The molecule has 0 unspecified atom stereocenters.